The topological polar surface area (TPSA) is 26.3 Å². The highest BCUT2D eigenvalue weighted by Gasteiger charge is 2.30. The molecule has 0 N–H and O–H groups in total. The summed E-state index contributed by atoms with van der Waals surface area (Å²) in [6.07, 6.45) is 0.696. The van der Waals surface area contributed by atoms with Crippen LogP contribution in [0.25, 0.3) is 0 Å². The van der Waals surface area contributed by atoms with E-state index in [4.69, 9.17) is 4.74 Å². The zero-order valence-electron chi connectivity index (χ0n) is 8.29. The van der Waals surface area contributed by atoms with Gasteiger partial charge >= 0.3 is 5.97 Å². The van der Waals surface area contributed by atoms with Gasteiger partial charge in [0, 0.05) is 0 Å². The molecule has 0 spiro atoms. The highest BCUT2D eigenvalue weighted by atomic mass is 127. The van der Waals surface area contributed by atoms with Gasteiger partial charge in [-0.3, -0.25) is 4.79 Å². The zero-order valence-corrected chi connectivity index (χ0v) is 10.4. The highest BCUT2D eigenvalue weighted by Crippen LogP contribution is 2.24. The monoisotopic (exact) mass is 304 g/mol. The van der Waals surface area contributed by atoms with Gasteiger partial charge in [0.25, 0.3) is 0 Å². The number of carbonyl (C=O) groups excluding carboxylic acids is 1. The van der Waals surface area contributed by atoms with E-state index in [2.05, 4.69) is 22.6 Å². The number of alkyl halides is 1. The van der Waals surface area contributed by atoms with E-state index in [1.807, 2.05) is 37.3 Å². The molecule has 0 heterocycles. The molecule has 76 valence electrons. The summed E-state index contributed by atoms with van der Waals surface area (Å²) in [4.78, 5) is 11.4. The molecule has 14 heavy (non-hydrogen) atoms. The predicted molar refractivity (Wildman–Crippen MR) is 64.6 cm³/mol. The highest BCUT2D eigenvalue weighted by molar-refractivity contribution is 14.1. The second-order valence-corrected chi connectivity index (χ2v) is 5.73. The van der Waals surface area contributed by atoms with Gasteiger partial charge in [-0.1, -0.05) is 52.9 Å². The van der Waals surface area contributed by atoms with Gasteiger partial charge in [0.05, 0.1) is 7.11 Å². The Morgan fingerprint density at radius 1 is 1.43 bits per heavy atom. The minimum absolute atomic E-state index is 0.179. The molecule has 0 saturated heterocycles. The smallest absolute Gasteiger partial charge is 0.321 e. The molecule has 0 aliphatic rings. The second-order valence-electron chi connectivity index (χ2n) is 3.35. The standard InChI is InChI=1S/C11H13IO2/c1-11(12,10(13)14-2)8-9-6-4-3-5-7-9/h3-7H,8H2,1-2H3. The normalized spacial score (nSPS) is 14.5. The van der Waals surface area contributed by atoms with Crippen LogP contribution >= 0.6 is 22.6 Å². The molecular weight excluding hydrogens is 291 g/mol. The lowest BCUT2D eigenvalue weighted by Gasteiger charge is -2.19. The Balaban J connectivity index is 2.73. The fourth-order valence-electron chi connectivity index (χ4n) is 1.26. The van der Waals surface area contributed by atoms with Crippen molar-refractivity contribution in [2.24, 2.45) is 0 Å². The van der Waals surface area contributed by atoms with Gasteiger partial charge < -0.3 is 4.74 Å². The van der Waals surface area contributed by atoms with Gasteiger partial charge in [-0.15, -0.1) is 0 Å². The molecule has 0 aliphatic heterocycles. The summed E-state index contributed by atoms with van der Waals surface area (Å²) >= 11 is 2.13. The summed E-state index contributed by atoms with van der Waals surface area (Å²) in [7, 11) is 1.42. The van der Waals surface area contributed by atoms with Crippen molar-refractivity contribution in [3.05, 3.63) is 35.9 Å². The third-order valence-electron chi connectivity index (χ3n) is 1.99. The van der Waals surface area contributed by atoms with Crippen LogP contribution in [-0.2, 0) is 16.0 Å². The third-order valence-corrected chi connectivity index (χ3v) is 2.81. The number of halogens is 1. The lowest BCUT2D eigenvalue weighted by molar-refractivity contribution is -0.142. The fourth-order valence-corrected chi connectivity index (χ4v) is 1.92. The van der Waals surface area contributed by atoms with E-state index >= 15 is 0 Å². The van der Waals surface area contributed by atoms with E-state index in [1.165, 1.54) is 7.11 Å². The van der Waals surface area contributed by atoms with Crippen molar-refractivity contribution in [2.45, 2.75) is 16.8 Å². The third kappa shape index (κ3) is 2.97. The molecule has 1 rings (SSSR count). The first-order valence-electron chi connectivity index (χ1n) is 4.37. The minimum Gasteiger partial charge on any atom is -0.468 e. The van der Waals surface area contributed by atoms with Crippen molar-refractivity contribution < 1.29 is 9.53 Å². The fraction of sp³-hybridized carbons (Fsp3) is 0.364. The van der Waals surface area contributed by atoms with Gasteiger partial charge in [-0.05, 0) is 18.9 Å². The molecule has 0 saturated carbocycles. The van der Waals surface area contributed by atoms with Crippen LogP contribution in [0.4, 0.5) is 0 Å². The maximum absolute atomic E-state index is 11.4. The molecule has 0 aliphatic carbocycles. The average molecular weight is 304 g/mol. The van der Waals surface area contributed by atoms with Crippen molar-refractivity contribution in [1.82, 2.24) is 0 Å². The van der Waals surface area contributed by atoms with E-state index in [-0.39, 0.29) is 5.97 Å². The van der Waals surface area contributed by atoms with Gasteiger partial charge in [0.2, 0.25) is 0 Å². The molecule has 0 bridgehead atoms. The van der Waals surface area contributed by atoms with Crippen LogP contribution in [0, 0.1) is 0 Å². The number of hydrogen-bond acceptors (Lipinski definition) is 2. The summed E-state index contributed by atoms with van der Waals surface area (Å²) in [6.45, 7) is 1.88. The van der Waals surface area contributed by atoms with Gasteiger partial charge in [0.1, 0.15) is 3.42 Å². The van der Waals surface area contributed by atoms with Crippen molar-refractivity contribution in [3.63, 3.8) is 0 Å². The van der Waals surface area contributed by atoms with Gasteiger partial charge in [0.15, 0.2) is 0 Å². The number of methoxy groups -OCH3 is 1. The van der Waals surface area contributed by atoms with Crippen molar-refractivity contribution in [1.29, 1.82) is 0 Å². The van der Waals surface area contributed by atoms with E-state index in [9.17, 15) is 4.79 Å². The van der Waals surface area contributed by atoms with E-state index < -0.39 is 3.42 Å². The Hall–Kier alpha value is -0.580. The van der Waals surface area contributed by atoms with Crippen LogP contribution in [0.2, 0.25) is 0 Å². The van der Waals surface area contributed by atoms with Crippen molar-refractivity contribution in [2.75, 3.05) is 7.11 Å². The Morgan fingerprint density at radius 2 is 2.00 bits per heavy atom. The van der Waals surface area contributed by atoms with E-state index in [0.29, 0.717) is 6.42 Å². The van der Waals surface area contributed by atoms with E-state index in [0.717, 1.165) is 5.56 Å². The minimum atomic E-state index is -0.478. The zero-order chi connectivity index (χ0) is 10.6. The molecule has 1 unspecified atom stereocenters. The van der Waals surface area contributed by atoms with Crippen LogP contribution in [0.5, 0.6) is 0 Å². The maximum Gasteiger partial charge on any atom is 0.321 e. The van der Waals surface area contributed by atoms with Crippen LogP contribution in [0.3, 0.4) is 0 Å². The van der Waals surface area contributed by atoms with Crippen LogP contribution in [0.1, 0.15) is 12.5 Å². The molecule has 1 aromatic carbocycles. The number of hydrogen-bond donors (Lipinski definition) is 0. The number of rotatable bonds is 3. The summed E-state index contributed by atoms with van der Waals surface area (Å²) in [5, 5.41) is 0. The summed E-state index contributed by atoms with van der Waals surface area (Å²) in [6, 6.07) is 9.94. The Morgan fingerprint density at radius 3 is 2.50 bits per heavy atom. The number of benzene rings is 1. The molecule has 0 fully saturated rings. The molecule has 3 heteroatoms. The SMILES string of the molecule is COC(=O)C(C)(I)Cc1ccccc1. The Bertz CT molecular complexity index is 306. The van der Waals surface area contributed by atoms with Crippen molar-refractivity contribution >= 4 is 28.6 Å². The number of carbonyl (C=O) groups is 1. The summed E-state index contributed by atoms with van der Waals surface area (Å²) in [5.41, 5.74) is 1.15. The van der Waals surface area contributed by atoms with Crippen LogP contribution in [-0.4, -0.2) is 16.5 Å². The van der Waals surface area contributed by atoms with Crippen molar-refractivity contribution in [3.8, 4) is 0 Å². The molecule has 2 nitrogen and oxygen atoms in total. The molecule has 1 atom stereocenters. The Kier molecular flexibility index (Phi) is 3.92. The molecule has 0 radical (unpaired) electrons. The van der Waals surface area contributed by atoms with Gasteiger partial charge in [-0.2, -0.15) is 0 Å². The van der Waals surface area contributed by atoms with Gasteiger partial charge in [-0.25, -0.2) is 0 Å². The first kappa shape index (κ1) is 11.5. The average Bonchev–Trinajstić information content (AvgIpc) is 2.17. The molecular formula is C11H13IO2. The number of ether oxygens (including phenoxy) is 1. The van der Waals surface area contributed by atoms with Crippen LogP contribution < -0.4 is 0 Å². The molecule has 1 aromatic rings. The lowest BCUT2D eigenvalue weighted by atomic mass is 10.0. The largest absolute Gasteiger partial charge is 0.468 e. The summed E-state index contributed by atoms with van der Waals surface area (Å²) < 4.78 is 4.26. The predicted octanol–water partition coefficient (Wildman–Crippen LogP) is 2.60. The van der Waals surface area contributed by atoms with Crippen LogP contribution in [0.15, 0.2) is 30.3 Å². The molecule has 0 amide bonds. The maximum atomic E-state index is 11.4. The quantitative estimate of drug-likeness (QED) is 0.487. The first-order valence-corrected chi connectivity index (χ1v) is 5.45. The first-order chi connectivity index (χ1) is 6.56. The number of esters is 1. The van der Waals surface area contributed by atoms with E-state index in [1.54, 1.807) is 0 Å². The lowest BCUT2D eigenvalue weighted by Crippen LogP contribution is -2.31. The molecule has 0 aromatic heterocycles. The second kappa shape index (κ2) is 4.77. The summed E-state index contributed by atoms with van der Waals surface area (Å²) in [5.74, 6) is -0.179. The Labute approximate surface area is 97.8 Å².